The number of rotatable bonds is 2. The molecule has 4 heterocycles. The van der Waals surface area contributed by atoms with Crippen molar-refractivity contribution in [3.8, 4) is 5.82 Å². The highest BCUT2D eigenvalue weighted by atomic mass is 32.2. The quantitative estimate of drug-likeness (QED) is 0.865. The Hall–Kier alpha value is -2.54. The lowest BCUT2D eigenvalue weighted by Crippen LogP contribution is -2.26. The number of fused-ring (bicyclic) bond motifs is 3. The van der Waals surface area contributed by atoms with E-state index in [1.165, 1.54) is 16.3 Å². The van der Waals surface area contributed by atoms with E-state index < -0.39 is 0 Å². The Labute approximate surface area is 131 Å². The SMILES string of the molecule is CNC1=C2c3ncn(-c4ccccn4)c(=O)c3SC2NC=C1. The van der Waals surface area contributed by atoms with Gasteiger partial charge in [-0.05, 0) is 24.4 Å². The van der Waals surface area contributed by atoms with Crippen molar-refractivity contribution in [2.45, 2.75) is 10.3 Å². The molecule has 0 amide bonds. The average molecular weight is 311 g/mol. The Bertz CT molecular complexity index is 856. The Kier molecular flexibility index (Phi) is 3.00. The van der Waals surface area contributed by atoms with Crippen molar-refractivity contribution >= 4 is 17.3 Å². The first kappa shape index (κ1) is 13.1. The van der Waals surface area contributed by atoms with Gasteiger partial charge < -0.3 is 10.6 Å². The Balaban J connectivity index is 1.90. The van der Waals surface area contributed by atoms with Gasteiger partial charge in [-0.2, -0.15) is 0 Å². The second-order valence-corrected chi connectivity index (χ2v) is 5.98. The number of pyridine rings is 1. The van der Waals surface area contributed by atoms with Crippen LogP contribution in [-0.2, 0) is 0 Å². The van der Waals surface area contributed by atoms with Crippen LogP contribution in [0.3, 0.4) is 0 Å². The van der Waals surface area contributed by atoms with Crippen molar-refractivity contribution in [2.75, 3.05) is 7.05 Å². The molecule has 2 aliphatic rings. The van der Waals surface area contributed by atoms with Crippen molar-refractivity contribution in [2.24, 2.45) is 0 Å². The summed E-state index contributed by atoms with van der Waals surface area (Å²) >= 11 is 1.49. The minimum absolute atomic E-state index is 0.0160. The average Bonchev–Trinajstić information content (AvgIpc) is 2.96. The lowest BCUT2D eigenvalue weighted by atomic mass is 10.1. The van der Waals surface area contributed by atoms with Gasteiger partial charge in [-0.1, -0.05) is 17.8 Å². The Morgan fingerprint density at radius 3 is 3.05 bits per heavy atom. The highest BCUT2D eigenvalue weighted by molar-refractivity contribution is 8.00. The molecule has 0 fully saturated rings. The third kappa shape index (κ3) is 1.86. The molecular weight excluding hydrogens is 298 g/mol. The van der Waals surface area contributed by atoms with Gasteiger partial charge in [0.2, 0.25) is 0 Å². The summed E-state index contributed by atoms with van der Waals surface area (Å²) < 4.78 is 1.48. The number of nitrogens with one attached hydrogen (secondary N) is 2. The molecule has 0 radical (unpaired) electrons. The van der Waals surface area contributed by atoms with E-state index in [0.717, 1.165) is 17.0 Å². The second kappa shape index (κ2) is 5.03. The van der Waals surface area contributed by atoms with Crippen molar-refractivity contribution in [1.82, 2.24) is 25.2 Å². The van der Waals surface area contributed by atoms with Crippen molar-refractivity contribution in [3.63, 3.8) is 0 Å². The van der Waals surface area contributed by atoms with Crippen LogP contribution >= 0.6 is 11.8 Å². The first-order chi connectivity index (χ1) is 10.8. The van der Waals surface area contributed by atoms with Crippen LogP contribution in [0, 0.1) is 0 Å². The number of aromatic nitrogens is 3. The summed E-state index contributed by atoms with van der Waals surface area (Å²) in [6.07, 6.45) is 7.05. The number of allylic oxidation sites excluding steroid dienone is 1. The monoisotopic (exact) mass is 311 g/mol. The zero-order valence-corrected chi connectivity index (χ0v) is 12.6. The molecule has 1 unspecified atom stereocenters. The Morgan fingerprint density at radius 2 is 2.27 bits per heavy atom. The molecule has 22 heavy (non-hydrogen) atoms. The highest BCUT2D eigenvalue weighted by Crippen LogP contribution is 2.43. The van der Waals surface area contributed by atoms with E-state index in [-0.39, 0.29) is 10.9 Å². The van der Waals surface area contributed by atoms with Gasteiger partial charge >= 0.3 is 0 Å². The largest absolute Gasteiger partial charge is 0.388 e. The summed E-state index contributed by atoms with van der Waals surface area (Å²) in [4.78, 5) is 22.1. The normalized spacial score (nSPS) is 18.7. The minimum atomic E-state index is -0.0900. The van der Waals surface area contributed by atoms with E-state index >= 15 is 0 Å². The fourth-order valence-corrected chi connectivity index (χ4v) is 3.82. The number of likely N-dealkylation sites (N-methyl/N-ethyl adjacent to an activating group) is 1. The number of hydrogen-bond donors (Lipinski definition) is 2. The van der Waals surface area contributed by atoms with Gasteiger partial charge in [0.05, 0.1) is 5.69 Å². The van der Waals surface area contributed by atoms with Gasteiger partial charge in [0.1, 0.15) is 22.4 Å². The second-order valence-electron chi connectivity index (χ2n) is 4.86. The van der Waals surface area contributed by atoms with E-state index in [9.17, 15) is 4.79 Å². The maximum atomic E-state index is 12.8. The van der Waals surface area contributed by atoms with Crippen LogP contribution in [0.5, 0.6) is 0 Å². The van der Waals surface area contributed by atoms with Crippen molar-refractivity contribution in [3.05, 3.63) is 64.7 Å². The molecule has 0 saturated carbocycles. The van der Waals surface area contributed by atoms with Crippen molar-refractivity contribution in [1.29, 1.82) is 0 Å². The number of hydrogen-bond acceptors (Lipinski definition) is 6. The van der Waals surface area contributed by atoms with Crippen LogP contribution < -0.4 is 16.2 Å². The van der Waals surface area contributed by atoms with Gasteiger partial charge in [-0.25, -0.2) is 14.5 Å². The zero-order valence-electron chi connectivity index (χ0n) is 11.8. The number of dihydropyridines is 1. The molecule has 2 aromatic rings. The predicted molar refractivity (Wildman–Crippen MR) is 85.5 cm³/mol. The fourth-order valence-electron chi connectivity index (χ4n) is 2.61. The Morgan fingerprint density at radius 1 is 1.36 bits per heavy atom. The van der Waals surface area contributed by atoms with Gasteiger partial charge in [0.15, 0.2) is 0 Å². The molecule has 6 nitrogen and oxygen atoms in total. The topological polar surface area (TPSA) is 71.8 Å². The standard InChI is InChI=1S/C15H13N5OS/c1-16-9-5-7-18-14-11(9)12-13(22-14)15(21)20(8-19-12)10-4-2-3-6-17-10/h2-8,14,16,18H,1H3. The molecule has 110 valence electrons. The minimum Gasteiger partial charge on any atom is -0.388 e. The van der Waals surface area contributed by atoms with Gasteiger partial charge in [-0.3, -0.25) is 4.79 Å². The van der Waals surface area contributed by atoms with E-state index in [4.69, 9.17) is 0 Å². The first-order valence-corrected chi connectivity index (χ1v) is 7.72. The van der Waals surface area contributed by atoms with E-state index in [2.05, 4.69) is 20.6 Å². The molecule has 2 aromatic heterocycles. The maximum absolute atomic E-state index is 12.8. The van der Waals surface area contributed by atoms with Crippen LogP contribution in [0.25, 0.3) is 11.4 Å². The molecule has 0 bridgehead atoms. The molecule has 0 saturated heterocycles. The lowest BCUT2D eigenvalue weighted by molar-refractivity contribution is 0.849. The molecule has 2 aliphatic heterocycles. The van der Waals surface area contributed by atoms with Crippen molar-refractivity contribution < 1.29 is 0 Å². The van der Waals surface area contributed by atoms with Crippen LogP contribution in [0.2, 0.25) is 0 Å². The molecule has 0 aromatic carbocycles. The summed E-state index contributed by atoms with van der Waals surface area (Å²) in [6.45, 7) is 0. The van der Waals surface area contributed by atoms with E-state index in [1.807, 2.05) is 31.5 Å². The smallest absolute Gasteiger partial charge is 0.273 e. The number of nitrogens with zero attached hydrogens (tertiary/aromatic N) is 3. The predicted octanol–water partition coefficient (Wildman–Crippen LogP) is 1.11. The molecule has 0 aliphatic carbocycles. The highest BCUT2D eigenvalue weighted by Gasteiger charge is 2.35. The third-order valence-corrected chi connectivity index (χ3v) is 4.85. The molecule has 7 heteroatoms. The first-order valence-electron chi connectivity index (χ1n) is 6.84. The summed E-state index contributed by atoms with van der Waals surface area (Å²) in [5.41, 5.74) is 2.66. The molecule has 0 spiro atoms. The van der Waals surface area contributed by atoms with Crippen LogP contribution in [-0.4, -0.2) is 27.0 Å². The van der Waals surface area contributed by atoms with E-state index in [1.54, 1.807) is 18.6 Å². The van der Waals surface area contributed by atoms with Crippen LogP contribution in [0.1, 0.15) is 5.69 Å². The summed E-state index contributed by atoms with van der Waals surface area (Å²) in [5.74, 6) is 0.576. The van der Waals surface area contributed by atoms with Gasteiger partial charge in [0, 0.05) is 24.5 Å². The molecule has 1 atom stereocenters. The van der Waals surface area contributed by atoms with E-state index in [0.29, 0.717) is 10.7 Å². The summed E-state index contributed by atoms with van der Waals surface area (Å²) in [7, 11) is 1.87. The molecule has 4 rings (SSSR count). The van der Waals surface area contributed by atoms with Crippen LogP contribution in [0.15, 0.2) is 58.4 Å². The lowest BCUT2D eigenvalue weighted by Gasteiger charge is -2.19. The maximum Gasteiger partial charge on any atom is 0.273 e. The third-order valence-electron chi connectivity index (χ3n) is 3.64. The number of thioether (sulfide) groups is 1. The fraction of sp³-hybridized carbons (Fsp3) is 0.133. The molecule has 2 N–H and O–H groups in total. The summed E-state index contributed by atoms with van der Waals surface area (Å²) in [6, 6.07) is 5.46. The van der Waals surface area contributed by atoms with Crippen LogP contribution in [0.4, 0.5) is 0 Å². The zero-order chi connectivity index (χ0) is 15.1. The molecular formula is C15H13N5OS. The van der Waals surface area contributed by atoms with Gasteiger partial charge in [0.25, 0.3) is 5.56 Å². The summed E-state index contributed by atoms with van der Waals surface area (Å²) in [5, 5.41) is 6.44. The van der Waals surface area contributed by atoms with Gasteiger partial charge in [-0.15, -0.1) is 0 Å².